The Morgan fingerprint density at radius 2 is 1.94 bits per heavy atom. The Morgan fingerprint density at radius 1 is 1.38 bits per heavy atom. The van der Waals surface area contributed by atoms with Crippen molar-refractivity contribution < 1.29 is 27.5 Å². The van der Waals surface area contributed by atoms with Gasteiger partial charge in [-0.2, -0.15) is 13.2 Å². The van der Waals surface area contributed by atoms with Gasteiger partial charge >= 0.3 is 12.1 Å². The number of carbonyl (C=O) groups excluding carboxylic acids is 2. The van der Waals surface area contributed by atoms with E-state index in [0.717, 1.165) is 14.0 Å². The summed E-state index contributed by atoms with van der Waals surface area (Å²) in [5.41, 5.74) is 0. The zero-order chi connectivity index (χ0) is 12.8. The van der Waals surface area contributed by atoms with Crippen LogP contribution in [-0.2, 0) is 14.3 Å². The van der Waals surface area contributed by atoms with E-state index in [1.54, 1.807) is 0 Å². The first-order valence-corrected chi connectivity index (χ1v) is 4.38. The summed E-state index contributed by atoms with van der Waals surface area (Å²) in [5, 5.41) is 4.18. The van der Waals surface area contributed by atoms with Crippen LogP contribution in [0, 0.1) is 0 Å². The highest BCUT2D eigenvalue weighted by molar-refractivity contribution is 5.83. The molecule has 1 atom stereocenters. The molecule has 0 heterocycles. The van der Waals surface area contributed by atoms with Gasteiger partial charge in [0.15, 0.2) is 0 Å². The van der Waals surface area contributed by atoms with Gasteiger partial charge in [0.05, 0.1) is 13.7 Å². The van der Waals surface area contributed by atoms with Crippen LogP contribution in [0.25, 0.3) is 0 Å². The number of carbonyl (C=O) groups is 2. The van der Waals surface area contributed by atoms with Gasteiger partial charge < -0.3 is 15.4 Å². The fourth-order valence-electron chi connectivity index (χ4n) is 0.939. The molecule has 0 radical (unpaired) electrons. The van der Waals surface area contributed by atoms with Gasteiger partial charge in [0.25, 0.3) is 0 Å². The van der Waals surface area contributed by atoms with E-state index in [1.165, 1.54) is 0 Å². The molecule has 0 bridgehead atoms. The maximum absolute atomic E-state index is 11.8. The first kappa shape index (κ1) is 14.7. The van der Waals surface area contributed by atoms with Crippen molar-refractivity contribution in [3.05, 3.63) is 0 Å². The third-order valence-electron chi connectivity index (χ3n) is 1.54. The van der Waals surface area contributed by atoms with Gasteiger partial charge in [-0.1, -0.05) is 0 Å². The van der Waals surface area contributed by atoms with Crippen molar-refractivity contribution in [3.63, 3.8) is 0 Å². The third-order valence-corrected chi connectivity index (χ3v) is 1.54. The lowest BCUT2D eigenvalue weighted by Crippen LogP contribution is -2.48. The maximum atomic E-state index is 11.8. The fourth-order valence-corrected chi connectivity index (χ4v) is 0.939. The average molecular weight is 242 g/mol. The molecule has 0 aliphatic rings. The predicted molar refractivity (Wildman–Crippen MR) is 48.5 cm³/mol. The highest BCUT2D eigenvalue weighted by atomic mass is 19.4. The molecule has 94 valence electrons. The van der Waals surface area contributed by atoms with E-state index in [4.69, 9.17) is 0 Å². The molecule has 0 aromatic rings. The second-order valence-corrected chi connectivity index (χ2v) is 3.02. The normalized spacial score (nSPS) is 13.1. The summed E-state index contributed by atoms with van der Waals surface area (Å²) in [6.45, 7) is -0.425. The van der Waals surface area contributed by atoms with Gasteiger partial charge in [0.2, 0.25) is 5.91 Å². The van der Waals surface area contributed by atoms with E-state index < -0.39 is 30.6 Å². The molecule has 1 amide bonds. The lowest BCUT2D eigenvalue weighted by Gasteiger charge is -2.16. The molecule has 0 aromatic heterocycles. The topological polar surface area (TPSA) is 67.4 Å². The van der Waals surface area contributed by atoms with E-state index in [1.807, 2.05) is 5.32 Å². The molecule has 2 N–H and O–H groups in total. The van der Waals surface area contributed by atoms with Crippen molar-refractivity contribution in [2.45, 2.75) is 19.1 Å². The van der Waals surface area contributed by atoms with Crippen LogP contribution in [0.15, 0.2) is 0 Å². The summed E-state index contributed by atoms with van der Waals surface area (Å²) in [4.78, 5) is 21.7. The van der Waals surface area contributed by atoms with Crippen molar-refractivity contribution >= 4 is 11.9 Å². The molecule has 5 nitrogen and oxygen atoms in total. The molecule has 0 aromatic carbocycles. The van der Waals surface area contributed by atoms with Crippen molar-refractivity contribution in [3.8, 4) is 0 Å². The van der Waals surface area contributed by atoms with Crippen molar-refractivity contribution in [1.82, 2.24) is 10.6 Å². The minimum Gasteiger partial charge on any atom is -0.467 e. The summed E-state index contributed by atoms with van der Waals surface area (Å²) >= 11 is 0. The SMILES string of the molecule is COC(=O)C(CNCC(F)(F)F)NC(C)=O. The first-order valence-electron chi connectivity index (χ1n) is 4.38. The second kappa shape index (κ2) is 6.31. The molecule has 8 heteroatoms. The Morgan fingerprint density at radius 3 is 2.31 bits per heavy atom. The summed E-state index contributed by atoms with van der Waals surface area (Å²) in [5.74, 6) is -1.32. The summed E-state index contributed by atoms with van der Waals surface area (Å²) in [6, 6.07) is -1.12. The minimum absolute atomic E-state index is 0.342. The zero-order valence-corrected chi connectivity index (χ0v) is 8.85. The molecule has 0 saturated carbocycles. The fraction of sp³-hybridized carbons (Fsp3) is 0.750. The molecule has 16 heavy (non-hydrogen) atoms. The lowest BCUT2D eigenvalue weighted by atomic mass is 10.3. The molecule has 0 aliphatic carbocycles. The number of ether oxygens (including phenoxy) is 1. The first-order chi connectivity index (χ1) is 7.26. The number of amides is 1. The molecule has 1 unspecified atom stereocenters. The predicted octanol–water partition coefficient (Wildman–Crippen LogP) is -0.184. The van der Waals surface area contributed by atoms with Crippen molar-refractivity contribution in [2.24, 2.45) is 0 Å². The van der Waals surface area contributed by atoms with Crippen LogP contribution >= 0.6 is 0 Å². The lowest BCUT2D eigenvalue weighted by molar-refractivity contribution is -0.145. The van der Waals surface area contributed by atoms with Gasteiger partial charge in [0, 0.05) is 13.5 Å². The molecular weight excluding hydrogens is 229 g/mol. The summed E-state index contributed by atoms with van der Waals surface area (Å²) in [6.07, 6.45) is -4.36. The quantitative estimate of drug-likeness (QED) is 0.656. The van der Waals surface area contributed by atoms with Gasteiger partial charge in [-0.25, -0.2) is 4.79 Å². The van der Waals surface area contributed by atoms with E-state index in [2.05, 4.69) is 10.1 Å². The van der Waals surface area contributed by atoms with E-state index in [9.17, 15) is 22.8 Å². The van der Waals surface area contributed by atoms with E-state index in [-0.39, 0.29) is 6.54 Å². The monoisotopic (exact) mass is 242 g/mol. The number of esters is 1. The minimum atomic E-state index is -4.36. The summed E-state index contributed by atoms with van der Waals surface area (Å²) in [7, 11) is 1.08. The number of alkyl halides is 3. The van der Waals surface area contributed by atoms with Gasteiger partial charge in [-0.05, 0) is 0 Å². The Bertz CT molecular complexity index is 255. The number of rotatable bonds is 5. The Kier molecular flexibility index (Phi) is 5.79. The van der Waals surface area contributed by atoms with Gasteiger partial charge in [-0.3, -0.25) is 4.79 Å². The van der Waals surface area contributed by atoms with Crippen LogP contribution in [0.4, 0.5) is 13.2 Å². The van der Waals surface area contributed by atoms with Gasteiger partial charge in [0.1, 0.15) is 6.04 Å². The standard InChI is InChI=1S/C8H13F3N2O3/c1-5(14)13-6(7(15)16-2)3-12-4-8(9,10)11/h6,12H,3-4H2,1-2H3,(H,13,14). The Hall–Kier alpha value is -1.31. The number of hydrogen-bond acceptors (Lipinski definition) is 4. The second-order valence-electron chi connectivity index (χ2n) is 3.02. The smallest absolute Gasteiger partial charge is 0.401 e. The average Bonchev–Trinajstić information content (AvgIpc) is 2.12. The summed E-state index contributed by atoms with van der Waals surface area (Å²) < 4.78 is 39.7. The molecule has 0 aliphatic heterocycles. The van der Waals surface area contributed by atoms with Crippen molar-refractivity contribution in [2.75, 3.05) is 20.2 Å². The van der Waals surface area contributed by atoms with Gasteiger partial charge in [-0.15, -0.1) is 0 Å². The van der Waals surface area contributed by atoms with Crippen LogP contribution < -0.4 is 10.6 Å². The molecule has 0 fully saturated rings. The van der Waals surface area contributed by atoms with Crippen LogP contribution in [-0.4, -0.2) is 44.3 Å². The van der Waals surface area contributed by atoms with Crippen LogP contribution in [0.1, 0.15) is 6.92 Å². The Labute approximate surface area is 90.3 Å². The van der Waals surface area contributed by atoms with Crippen LogP contribution in [0.3, 0.4) is 0 Å². The Balaban J connectivity index is 4.12. The molecular formula is C8H13F3N2O3. The maximum Gasteiger partial charge on any atom is 0.401 e. The number of halogens is 3. The highest BCUT2D eigenvalue weighted by Crippen LogP contribution is 2.11. The van der Waals surface area contributed by atoms with Crippen LogP contribution in [0.2, 0.25) is 0 Å². The third kappa shape index (κ3) is 7.04. The largest absolute Gasteiger partial charge is 0.467 e. The zero-order valence-electron chi connectivity index (χ0n) is 8.85. The van der Waals surface area contributed by atoms with Crippen molar-refractivity contribution in [1.29, 1.82) is 0 Å². The molecule has 0 saturated heterocycles. The number of nitrogens with one attached hydrogen (secondary N) is 2. The number of methoxy groups -OCH3 is 1. The van der Waals surface area contributed by atoms with E-state index in [0.29, 0.717) is 0 Å². The molecule has 0 rings (SSSR count). The van der Waals surface area contributed by atoms with Crippen LogP contribution in [0.5, 0.6) is 0 Å². The van der Waals surface area contributed by atoms with E-state index >= 15 is 0 Å². The highest BCUT2D eigenvalue weighted by Gasteiger charge is 2.28. The number of hydrogen-bond donors (Lipinski definition) is 2. The molecule has 0 spiro atoms.